The molecule has 1 fully saturated rings. The van der Waals surface area contributed by atoms with Gasteiger partial charge in [0, 0.05) is 13.2 Å². The lowest BCUT2D eigenvalue weighted by Crippen LogP contribution is -2.28. The van der Waals surface area contributed by atoms with Crippen molar-refractivity contribution in [2.24, 2.45) is 0 Å². The van der Waals surface area contributed by atoms with E-state index in [-0.39, 0.29) is 36.7 Å². The number of carbonyl (C=O) groups is 2. The highest BCUT2D eigenvalue weighted by atomic mass is 16.6. The fourth-order valence-electron chi connectivity index (χ4n) is 1.97. The molecule has 1 N–H and O–H groups in total. The van der Waals surface area contributed by atoms with Crippen LogP contribution in [0.5, 0.6) is 0 Å². The molecule has 20 heavy (non-hydrogen) atoms. The lowest BCUT2D eigenvalue weighted by Gasteiger charge is -2.22. The molecule has 0 bridgehead atoms. The van der Waals surface area contributed by atoms with Crippen LogP contribution in [0.25, 0.3) is 0 Å². The number of ether oxygens (including phenoxy) is 2. The van der Waals surface area contributed by atoms with Crippen LogP contribution < -0.4 is 5.32 Å². The van der Waals surface area contributed by atoms with Crippen LogP contribution in [0.2, 0.25) is 0 Å². The van der Waals surface area contributed by atoms with Gasteiger partial charge in [-0.2, -0.15) is 0 Å². The third-order valence-electron chi connectivity index (χ3n) is 3.06. The second-order valence-corrected chi connectivity index (χ2v) is 4.65. The van der Waals surface area contributed by atoms with Gasteiger partial charge in [0.1, 0.15) is 6.61 Å². The molecule has 1 saturated heterocycles. The van der Waals surface area contributed by atoms with E-state index in [1.165, 1.54) is 6.26 Å². The van der Waals surface area contributed by atoms with Crippen LogP contribution in [-0.2, 0) is 14.3 Å². The molecule has 1 aromatic heterocycles. The van der Waals surface area contributed by atoms with E-state index in [2.05, 4.69) is 5.32 Å². The minimum Gasteiger partial charge on any atom is -0.463 e. The molecule has 110 valence electrons. The second kappa shape index (κ2) is 7.69. The van der Waals surface area contributed by atoms with Crippen molar-refractivity contribution in [2.75, 3.05) is 19.8 Å². The molecule has 1 atom stereocenters. The maximum absolute atomic E-state index is 11.5. The number of nitrogens with one attached hydrogen (secondary N) is 1. The Morgan fingerprint density at radius 1 is 1.40 bits per heavy atom. The summed E-state index contributed by atoms with van der Waals surface area (Å²) in [6.07, 6.45) is 4.70. The van der Waals surface area contributed by atoms with Gasteiger partial charge in [-0.3, -0.25) is 9.59 Å². The Labute approximate surface area is 117 Å². The van der Waals surface area contributed by atoms with E-state index >= 15 is 0 Å². The summed E-state index contributed by atoms with van der Waals surface area (Å²) in [5, 5.41) is 2.59. The SMILES string of the molecule is O=C(CCNC(=O)c1ccco1)OCC1CCCCO1. The van der Waals surface area contributed by atoms with Crippen molar-refractivity contribution in [3.05, 3.63) is 24.2 Å². The van der Waals surface area contributed by atoms with Gasteiger partial charge in [0.25, 0.3) is 5.91 Å². The van der Waals surface area contributed by atoms with Gasteiger partial charge in [0.05, 0.1) is 18.8 Å². The standard InChI is InChI=1S/C14H19NO5/c16-13(20-10-11-4-1-2-8-18-11)6-7-15-14(17)12-5-3-9-19-12/h3,5,9,11H,1-2,4,6-8,10H2,(H,15,17). The highest BCUT2D eigenvalue weighted by molar-refractivity contribution is 5.91. The fourth-order valence-corrected chi connectivity index (χ4v) is 1.97. The van der Waals surface area contributed by atoms with Crippen LogP contribution in [0, 0.1) is 0 Å². The van der Waals surface area contributed by atoms with Crippen LogP contribution in [0.3, 0.4) is 0 Å². The topological polar surface area (TPSA) is 77.8 Å². The second-order valence-electron chi connectivity index (χ2n) is 4.65. The van der Waals surface area contributed by atoms with Crippen molar-refractivity contribution in [1.29, 1.82) is 0 Å². The van der Waals surface area contributed by atoms with Gasteiger partial charge in [-0.1, -0.05) is 0 Å². The minimum absolute atomic E-state index is 0.0189. The Hall–Kier alpha value is -1.82. The molecule has 1 aromatic rings. The van der Waals surface area contributed by atoms with E-state index in [1.807, 2.05) is 0 Å². The van der Waals surface area contributed by atoms with E-state index in [9.17, 15) is 9.59 Å². The summed E-state index contributed by atoms with van der Waals surface area (Å²) in [7, 11) is 0. The molecule has 0 aromatic carbocycles. The van der Waals surface area contributed by atoms with Crippen molar-refractivity contribution >= 4 is 11.9 Å². The minimum atomic E-state index is -0.335. The predicted molar refractivity (Wildman–Crippen MR) is 70.2 cm³/mol. The largest absolute Gasteiger partial charge is 0.463 e. The summed E-state index contributed by atoms with van der Waals surface area (Å²) in [4.78, 5) is 23.0. The van der Waals surface area contributed by atoms with Gasteiger partial charge >= 0.3 is 5.97 Å². The lowest BCUT2D eigenvalue weighted by molar-refractivity contribution is -0.148. The van der Waals surface area contributed by atoms with Crippen LogP contribution in [0.1, 0.15) is 36.2 Å². The van der Waals surface area contributed by atoms with Gasteiger partial charge in [-0.15, -0.1) is 0 Å². The molecule has 1 unspecified atom stereocenters. The molecule has 0 saturated carbocycles. The molecule has 0 spiro atoms. The summed E-state index contributed by atoms with van der Waals surface area (Å²) in [6, 6.07) is 3.20. The van der Waals surface area contributed by atoms with Crippen molar-refractivity contribution in [3.8, 4) is 0 Å². The lowest BCUT2D eigenvalue weighted by atomic mass is 10.1. The molecule has 2 rings (SSSR count). The predicted octanol–water partition coefficient (Wildman–Crippen LogP) is 1.51. The first-order valence-electron chi connectivity index (χ1n) is 6.84. The molecular weight excluding hydrogens is 262 g/mol. The Kier molecular flexibility index (Phi) is 5.61. The molecule has 2 heterocycles. The highest BCUT2D eigenvalue weighted by Gasteiger charge is 2.16. The molecule has 1 amide bonds. The fraction of sp³-hybridized carbons (Fsp3) is 0.571. The monoisotopic (exact) mass is 281 g/mol. The molecular formula is C14H19NO5. The summed E-state index contributed by atoms with van der Waals surface area (Å²) in [5.74, 6) is -0.439. The van der Waals surface area contributed by atoms with E-state index in [0.717, 1.165) is 25.9 Å². The number of carbonyl (C=O) groups excluding carboxylic acids is 2. The zero-order chi connectivity index (χ0) is 14.2. The van der Waals surface area contributed by atoms with Gasteiger partial charge in [-0.05, 0) is 31.4 Å². The summed E-state index contributed by atoms with van der Waals surface area (Å²) in [5.41, 5.74) is 0. The van der Waals surface area contributed by atoms with Crippen molar-refractivity contribution in [2.45, 2.75) is 31.8 Å². The van der Waals surface area contributed by atoms with Crippen molar-refractivity contribution in [3.63, 3.8) is 0 Å². The number of amides is 1. The van der Waals surface area contributed by atoms with E-state index in [0.29, 0.717) is 6.61 Å². The first-order valence-corrected chi connectivity index (χ1v) is 6.84. The zero-order valence-electron chi connectivity index (χ0n) is 11.3. The number of hydrogen-bond donors (Lipinski definition) is 1. The van der Waals surface area contributed by atoms with E-state index in [4.69, 9.17) is 13.9 Å². The quantitative estimate of drug-likeness (QED) is 0.800. The smallest absolute Gasteiger partial charge is 0.307 e. The van der Waals surface area contributed by atoms with Gasteiger partial charge in [0.2, 0.25) is 0 Å². The third kappa shape index (κ3) is 4.70. The zero-order valence-corrected chi connectivity index (χ0v) is 11.3. The van der Waals surface area contributed by atoms with Crippen molar-refractivity contribution < 1.29 is 23.5 Å². The summed E-state index contributed by atoms with van der Waals surface area (Å²) in [6.45, 7) is 1.26. The number of furan rings is 1. The van der Waals surface area contributed by atoms with E-state index < -0.39 is 0 Å². The van der Waals surface area contributed by atoms with Gasteiger partial charge in [-0.25, -0.2) is 0 Å². The molecule has 6 heteroatoms. The Morgan fingerprint density at radius 2 is 2.30 bits per heavy atom. The summed E-state index contributed by atoms with van der Waals surface area (Å²) >= 11 is 0. The molecule has 0 radical (unpaired) electrons. The number of esters is 1. The summed E-state index contributed by atoms with van der Waals surface area (Å²) < 4.78 is 15.5. The molecule has 0 aliphatic carbocycles. The maximum atomic E-state index is 11.5. The third-order valence-corrected chi connectivity index (χ3v) is 3.06. The van der Waals surface area contributed by atoms with Crippen molar-refractivity contribution in [1.82, 2.24) is 5.32 Å². The van der Waals surface area contributed by atoms with E-state index in [1.54, 1.807) is 12.1 Å². The molecule has 1 aliphatic heterocycles. The Morgan fingerprint density at radius 3 is 3.00 bits per heavy atom. The average molecular weight is 281 g/mol. The van der Waals surface area contributed by atoms with Crippen LogP contribution in [-0.4, -0.2) is 37.7 Å². The highest BCUT2D eigenvalue weighted by Crippen LogP contribution is 2.12. The Balaban J connectivity index is 1.57. The first-order chi connectivity index (χ1) is 9.75. The number of rotatable bonds is 6. The Bertz CT molecular complexity index is 423. The molecule has 6 nitrogen and oxygen atoms in total. The average Bonchev–Trinajstić information content (AvgIpc) is 3.00. The van der Waals surface area contributed by atoms with Crippen LogP contribution in [0.15, 0.2) is 22.8 Å². The van der Waals surface area contributed by atoms with Crippen LogP contribution >= 0.6 is 0 Å². The first kappa shape index (κ1) is 14.6. The maximum Gasteiger partial charge on any atom is 0.307 e. The van der Waals surface area contributed by atoms with Crippen LogP contribution in [0.4, 0.5) is 0 Å². The normalized spacial score (nSPS) is 18.5. The van der Waals surface area contributed by atoms with Gasteiger partial charge in [0.15, 0.2) is 5.76 Å². The molecule has 1 aliphatic rings. The van der Waals surface area contributed by atoms with Gasteiger partial charge < -0.3 is 19.2 Å². The number of hydrogen-bond acceptors (Lipinski definition) is 5.